The second-order valence-corrected chi connectivity index (χ2v) is 6.82. The largest absolute Gasteiger partial charge is 0.363 e. The molecule has 1 heterocycles. The van der Waals surface area contributed by atoms with Crippen LogP contribution in [-0.2, 0) is 16.6 Å². The van der Waals surface area contributed by atoms with E-state index in [1.807, 2.05) is 7.05 Å². The molecule has 1 rings (SSSR count). The predicted octanol–water partition coefficient (Wildman–Crippen LogP) is 2.37. The lowest BCUT2D eigenvalue weighted by molar-refractivity contribution is 0.568. The van der Waals surface area contributed by atoms with Crippen molar-refractivity contribution in [3.63, 3.8) is 0 Å². The summed E-state index contributed by atoms with van der Waals surface area (Å²) in [6, 6.07) is 1.67. The van der Waals surface area contributed by atoms with Crippen molar-refractivity contribution in [2.24, 2.45) is 0 Å². The van der Waals surface area contributed by atoms with Gasteiger partial charge in [0, 0.05) is 25.0 Å². The first-order valence-electron chi connectivity index (χ1n) is 7.41. The second kappa shape index (κ2) is 9.15. The predicted molar refractivity (Wildman–Crippen MR) is 82.1 cm³/mol. The lowest BCUT2D eigenvalue weighted by Gasteiger charge is -2.04. The first-order valence-corrected chi connectivity index (χ1v) is 8.90. The highest BCUT2D eigenvalue weighted by atomic mass is 32.2. The molecule has 6 heteroatoms. The highest BCUT2D eigenvalue weighted by Crippen LogP contribution is 2.11. The van der Waals surface area contributed by atoms with Crippen molar-refractivity contribution in [2.75, 3.05) is 13.6 Å². The topological polar surface area (TPSA) is 74.0 Å². The summed E-state index contributed by atoms with van der Waals surface area (Å²) >= 11 is 0. The van der Waals surface area contributed by atoms with Crippen LogP contribution in [0.2, 0.25) is 0 Å². The van der Waals surface area contributed by atoms with E-state index in [1.165, 1.54) is 31.9 Å². The fourth-order valence-electron chi connectivity index (χ4n) is 2.06. The molecule has 3 N–H and O–H groups in total. The van der Waals surface area contributed by atoms with Gasteiger partial charge in [-0.05, 0) is 19.5 Å². The number of aromatic nitrogens is 1. The van der Waals surface area contributed by atoms with Gasteiger partial charge >= 0.3 is 0 Å². The zero-order valence-corrected chi connectivity index (χ0v) is 13.4. The number of aromatic amines is 1. The van der Waals surface area contributed by atoms with Crippen molar-refractivity contribution < 1.29 is 8.42 Å². The van der Waals surface area contributed by atoms with Gasteiger partial charge in [0.25, 0.3) is 0 Å². The van der Waals surface area contributed by atoms with Crippen molar-refractivity contribution in [1.29, 1.82) is 0 Å². The molecule has 0 bridgehead atoms. The summed E-state index contributed by atoms with van der Waals surface area (Å²) in [6.07, 6.45) is 8.45. The van der Waals surface area contributed by atoms with E-state index >= 15 is 0 Å². The Hall–Kier alpha value is -0.850. The Morgan fingerprint density at radius 1 is 1.15 bits per heavy atom. The summed E-state index contributed by atoms with van der Waals surface area (Å²) in [5.41, 5.74) is 0.868. The van der Waals surface area contributed by atoms with E-state index in [9.17, 15) is 8.42 Å². The lowest BCUT2D eigenvalue weighted by Crippen LogP contribution is -2.24. The van der Waals surface area contributed by atoms with Gasteiger partial charge in [-0.1, -0.05) is 39.0 Å². The molecule has 5 nitrogen and oxygen atoms in total. The monoisotopic (exact) mass is 301 g/mol. The Morgan fingerprint density at radius 2 is 1.85 bits per heavy atom. The van der Waals surface area contributed by atoms with E-state index < -0.39 is 10.0 Å². The molecule has 0 atom stereocenters. The Bertz CT molecular complexity index is 469. The highest BCUT2D eigenvalue weighted by Gasteiger charge is 2.14. The maximum Gasteiger partial charge on any atom is 0.242 e. The fraction of sp³-hybridized carbons (Fsp3) is 0.714. The zero-order chi connectivity index (χ0) is 14.8. The molecule has 0 aliphatic heterocycles. The maximum atomic E-state index is 12.0. The number of sulfonamides is 1. The van der Waals surface area contributed by atoms with Gasteiger partial charge in [0.2, 0.25) is 10.0 Å². The van der Waals surface area contributed by atoms with Gasteiger partial charge in [-0.15, -0.1) is 0 Å². The Morgan fingerprint density at radius 3 is 2.55 bits per heavy atom. The molecule has 0 saturated heterocycles. The molecule has 116 valence electrons. The lowest BCUT2D eigenvalue weighted by atomic mass is 10.1. The van der Waals surface area contributed by atoms with Gasteiger partial charge in [0.1, 0.15) is 0 Å². The van der Waals surface area contributed by atoms with E-state index in [-0.39, 0.29) is 0 Å². The average Bonchev–Trinajstić information content (AvgIpc) is 2.88. The van der Waals surface area contributed by atoms with Crippen molar-refractivity contribution >= 4 is 10.0 Å². The third-order valence-electron chi connectivity index (χ3n) is 3.22. The summed E-state index contributed by atoms with van der Waals surface area (Å²) in [5.74, 6) is 0. The molecule has 0 aromatic carbocycles. The molecular weight excluding hydrogens is 274 g/mol. The normalized spacial score (nSPS) is 11.9. The third-order valence-corrected chi connectivity index (χ3v) is 4.66. The van der Waals surface area contributed by atoms with Crippen LogP contribution in [0.25, 0.3) is 0 Å². The highest BCUT2D eigenvalue weighted by molar-refractivity contribution is 7.89. The average molecular weight is 301 g/mol. The van der Waals surface area contributed by atoms with Crippen LogP contribution in [0.1, 0.15) is 51.1 Å². The van der Waals surface area contributed by atoms with Crippen LogP contribution < -0.4 is 10.0 Å². The minimum atomic E-state index is -3.36. The summed E-state index contributed by atoms with van der Waals surface area (Å²) in [6.45, 7) is 3.33. The van der Waals surface area contributed by atoms with Crippen molar-refractivity contribution in [3.05, 3.63) is 18.0 Å². The van der Waals surface area contributed by atoms with Crippen LogP contribution in [-0.4, -0.2) is 27.0 Å². The minimum absolute atomic E-state index is 0.314. The first kappa shape index (κ1) is 17.2. The molecule has 0 aliphatic rings. The zero-order valence-electron chi connectivity index (χ0n) is 12.5. The smallest absolute Gasteiger partial charge is 0.242 e. The van der Waals surface area contributed by atoms with Crippen LogP contribution in [0.4, 0.5) is 0 Å². The number of rotatable bonds is 11. The Labute approximate surface area is 122 Å². The first-order chi connectivity index (χ1) is 9.60. The van der Waals surface area contributed by atoms with Crippen LogP contribution in [0.5, 0.6) is 0 Å². The van der Waals surface area contributed by atoms with Gasteiger partial charge in [-0.3, -0.25) is 0 Å². The molecule has 20 heavy (non-hydrogen) atoms. The number of hydrogen-bond acceptors (Lipinski definition) is 3. The van der Waals surface area contributed by atoms with Crippen LogP contribution in [0.15, 0.2) is 17.2 Å². The molecule has 0 spiro atoms. The molecule has 0 unspecified atom stereocenters. The maximum absolute atomic E-state index is 12.0. The number of hydrogen-bond donors (Lipinski definition) is 3. The molecule has 0 fully saturated rings. The van der Waals surface area contributed by atoms with E-state index in [1.54, 1.807) is 6.07 Å². The quantitative estimate of drug-likeness (QED) is 0.549. The summed E-state index contributed by atoms with van der Waals surface area (Å²) < 4.78 is 26.7. The second-order valence-electron chi connectivity index (χ2n) is 5.06. The standard InChI is InChI=1S/C14H27N3O2S/c1-3-4-5-6-7-8-9-17-20(18,19)14-10-13(11-15-2)16-12-14/h10,12,15-17H,3-9,11H2,1-2H3. The van der Waals surface area contributed by atoms with E-state index in [4.69, 9.17) is 0 Å². The minimum Gasteiger partial charge on any atom is -0.363 e. The van der Waals surface area contributed by atoms with Gasteiger partial charge in [0.05, 0.1) is 4.90 Å². The van der Waals surface area contributed by atoms with E-state index in [2.05, 4.69) is 21.9 Å². The number of unbranched alkanes of at least 4 members (excludes halogenated alkanes) is 5. The Kier molecular flexibility index (Phi) is 7.87. The molecule has 1 aromatic heterocycles. The van der Waals surface area contributed by atoms with Gasteiger partial charge in [-0.25, -0.2) is 13.1 Å². The van der Waals surface area contributed by atoms with Crippen LogP contribution in [0, 0.1) is 0 Å². The molecule has 0 saturated carbocycles. The summed E-state index contributed by atoms with van der Waals surface area (Å²) in [7, 11) is -1.54. The number of nitrogens with one attached hydrogen (secondary N) is 3. The van der Waals surface area contributed by atoms with Crippen molar-refractivity contribution in [2.45, 2.75) is 56.9 Å². The molecular formula is C14H27N3O2S. The summed E-state index contributed by atoms with van der Waals surface area (Å²) in [5, 5.41) is 2.98. The Balaban J connectivity index is 2.30. The summed E-state index contributed by atoms with van der Waals surface area (Å²) in [4.78, 5) is 3.27. The molecule has 1 aromatic rings. The molecule has 0 aliphatic carbocycles. The third kappa shape index (κ3) is 6.07. The molecule has 0 amide bonds. The van der Waals surface area contributed by atoms with Gasteiger partial charge in [-0.2, -0.15) is 0 Å². The van der Waals surface area contributed by atoms with Crippen LogP contribution in [0.3, 0.4) is 0 Å². The van der Waals surface area contributed by atoms with Crippen molar-refractivity contribution in [1.82, 2.24) is 15.0 Å². The van der Waals surface area contributed by atoms with Crippen LogP contribution >= 0.6 is 0 Å². The molecule has 0 radical (unpaired) electrons. The van der Waals surface area contributed by atoms with Crippen molar-refractivity contribution in [3.8, 4) is 0 Å². The van der Waals surface area contributed by atoms with E-state index in [0.29, 0.717) is 18.0 Å². The van der Waals surface area contributed by atoms with Gasteiger partial charge < -0.3 is 10.3 Å². The number of H-pyrrole nitrogens is 1. The van der Waals surface area contributed by atoms with Gasteiger partial charge in [0.15, 0.2) is 0 Å². The van der Waals surface area contributed by atoms with E-state index in [0.717, 1.165) is 18.5 Å². The SMILES string of the molecule is CCCCCCCCNS(=O)(=O)c1c[nH]c(CNC)c1. The fourth-order valence-corrected chi connectivity index (χ4v) is 3.15.